The second-order valence-electron chi connectivity index (χ2n) is 7.57. The van der Waals surface area contributed by atoms with Gasteiger partial charge in [0, 0.05) is 51.9 Å². The van der Waals surface area contributed by atoms with Crippen LogP contribution in [0.25, 0.3) is 0 Å². The molecule has 2 unspecified atom stereocenters. The van der Waals surface area contributed by atoms with Gasteiger partial charge < -0.3 is 25.0 Å². The number of carbonyl (C=O) groups excluding carboxylic acids is 1. The molecule has 2 rings (SSSR count). The lowest BCUT2D eigenvalue weighted by Gasteiger charge is -2.43. The van der Waals surface area contributed by atoms with Gasteiger partial charge in [0.15, 0.2) is 0 Å². The van der Waals surface area contributed by atoms with Crippen molar-refractivity contribution in [1.82, 2.24) is 14.7 Å². The standard InChI is InChI=1S/C16H32N4O3/c1-16(2,3)23-15(21)20-6-5-19(13(9-17)10-20)12-14-11-18(4)7-8-22-14/h13-14H,5-12,17H2,1-4H3. The van der Waals surface area contributed by atoms with Crippen LogP contribution in [-0.2, 0) is 9.47 Å². The summed E-state index contributed by atoms with van der Waals surface area (Å²) in [5.41, 5.74) is 5.48. The van der Waals surface area contributed by atoms with Gasteiger partial charge in [-0.1, -0.05) is 0 Å². The van der Waals surface area contributed by atoms with Gasteiger partial charge in [-0.2, -0.15) is 0 Å². The first-order valence-electron chi connectivity index (χ1n) is 8.50. The van der Waals surface area contributed by atoms with Crippen LogP contribution >= 0.6 is 0 Å². The van der Waals surface area contributed by atoms with E-state index in [4.69, 9.17) is 15.2 Å². The number of piperazine rings is 1. The molecule has 0 aromatic carbocycles. The number of ether oxygens (including phenoxy) is 2. The van der Waals surface area contributed by atoms with Gasteiger partial charge in [0.1, 0.15) is 5.60 Å². The van der Waals surface area contributed by atoms with Crippen LogP contribution < -0.4 is 5.73 Å². The summed E-state index contributed by atoms with van der Waals surface area (Å²) in [6, 6.07) is 0.159. The van der Waals surface area contributed by atoms with E-state index in [1.54, 1.807) is 4.90 Å². The Kier molecular flexibility index (Phi) is 6.25. The van der Waals surface area contributed by atoms with E-state index < -0.39 is 5.60 Å². The first-order chi connectivity index (χ1) is 10.8. The number of nitrogens with two attached hydrogens (primary N) is 1. The zero-order valence-corrected chi connectivity index (χ0v) is 15.0. The van der Waals surface area contributed by atoms with Gasteiger partial charge in [-0.15, -0.1) is 0 Å². The molecule has 0 bridgehead atoms. The van der Waals surface area contributed by atoms with E-state index in [1.165, 1.54) is 0 Å². The van der Waals surface area contributed by atoms with Crippen LogP contribution in [0.4, 0.5) is 4.79 Å². The lowest BCUT2D eigenvalue weighted by molar-refractivity contribution is -0.0519. The van der Waals surface area contributed by atoms with Gasteiger partial charge in [-0.05, 0) is 27.8 Å². The lowest BCUT2D eigenvalue weighted by atomic mass is 10.1. The monoisotopic (exact) mass is 328 g/mol. The molecule has 0 aromatic rings. The molecule has 2 aliphatic rings. The van der Waals surface area contributed by atoms with Crippen molar-refractivity contribution >= 4 is 6.09 Å². The molecular formula is C16H32N4O3. The highest BCUT2D eigenvalue weighted by Gasteiger charge is 2.33. The zero-order chi connectivity index (χ0) is 17.0. The summed E-state index contributed by atoms with van der Waals surface area (Å²) in [4.78, 5) is 18.6. The highest BCUT2D eigenvalue weighted by molar-refractivity contribution is 5.68. The Morgan fingerprint density at radius 1 is 1.26 bits per heavy atom. The van der Waals surface area contributed by atoms with Crippen molar-refractivity contribution < 1.29 is 14.3 Å². The van der Waals surface area contributed by atoms with Gasteiger partial charge in [0.2, 0.25) is 0 Å². The van der Waals surface area contributed by atoms with Crippen molar-refractivity contribution in [2.75, 3.05) is 59.5 Å². The Bertz CT molecular complexity index is 399. The first kappa shape index (κ1) is 18.4. The fraction of sp³-hybridized carbons (Fsp3) is 0.938. The number of nitrogens with zero attached hydrogens (tertiary/aromatic N) is 3. The summed E-state index contributed by atoms with van der Waals surface area (Å²) in [6.07, 6.45) is -0.0277. The lowest BCUT2D eigenvalue weighted by Crippen LogP contribution is -2.60. The van der Waals surface area contributed by atoms with Crippen molar-refractivity contribution in [2.45, 2.75) is 38.5 Å². The first-order valence-corrected chi connectivity index (χ1v) is 8.50. The summed E-state index contributed by atoms with van der Waals surface area (Å²) in [5.74, 6) is 0. The summed E-state index contributed by atoms with van der Waals surface area (Å²) in [6.45, 7) is 11.9. The van der Waals surface area contributed by atoms with Crippen molar-refractivity contribution in [2.24, 2.45) is 5.73 Å². The summed E-state index contributed by atoms with van der Waals surface area (Å²) >= 11 is 0. The maximum absolute atomic E-state index is 12.2. The normalized spacial score (nSPS) is 28.0. The third-order valence-corrected chi connectivity index (χ3v) is 4.31. The van der Waals surface area contributed by atoms with Crippen molar-refractivity contribution in [3.05, 3.63) is 0 Å². The quantitative estimate of drug-likeness (QED) is 0.798. The molecule has 2 saturated heterocycles. The minimum atomic E-state index is -0.465. The van der Waals surface area contributed by atoms with Crippen LogP contribution in [0.15, 0.2) is 0 Å². The van der Waals surface area contributed by atoms with E-state index in [1.807, 2.05) is 20.8 Å². The summed E-state index contributed by atoms with van der Waals surface area (Å²) in [5, 5.41) is 0. The molecule has 23 heavy (non-hydrogen) atoms. The second-order valence-corrected chi connectivity index (χ2v) is 7.57. The fourth-order valence-electron chi connectivity index (χ4n) is 3.09. The van der Waals surface area contributed by atoms with Crippen molar-refractivity contribution in [3.63, 3.8) is 0 Å². The predicted molar refractivity (Wildman–Crippen MR) is 89.5 cm³/mol. The minimum Gasteiger partial charge on any atom is -0.444 e. The maximum Gasteiger partial charge on any atom is 0.410 e. The highest BCUT2D eigenvalue weighted by atomic mass is 16.6. The third-order valence-electron chi connectivity index (χ3n) is 4.31. The largest absolute Gasteiger partial charge is 0.444 e. The number of hydrogen-bond donors (Lipinski definition) is 1. The van der Waals surface area contributed by atoms with Gasteiger partial charge in [-0.3, -0.25) is 4.90 Å². The number of amides is 1. The molecular weight excluding hydrogens is 296 g/mol. The minimum absolute atomic E-state index is 0.159. The smallest absolute Gasteiger partial charge is 0.410 e. The number of morpholine rings is 1. The molecule has 2 atom stereocenters. The molecule has 134 valence electrons. The molecule has 2 N–H and O–H groups in total. The fourth-order valence-corrected chi connectivity index (χ4v) is 3.09. The van der Waals surface area contributed by atoms with E-state index in [0.717, 1.165) is 32.8 Å². The summed E-state index contributed by atoms with van der Waals surface area (Å²) < 4.78 is 11.3. The molecule has 0 spiro atoms. The van der Waals surface area contributed by atoms with Gasteiger partial charge in [0.05, 0.1) is 12.7 Å². The number of carbonyl (C=O) groups is 1. The number of rotatable bonds is 3. The Balaban J connectivity index is 1.87. The molecule has 0 aromatic heterocycles. The second kappa shape index (κ2) is 7.79. The van der Waals surface area contributed by atoms with E-state index >= 15 is 0 Å². The van der Waals surface area contributed by atoms with Crippen LogP contribution in [0.1, 0.15) is 20.8 Å². The topological polar surface area (TPSA) is 71.3 Å². The SMILES string of the molecule is CN1CCOC(CN2CCN(C(=O)OC(C)(C)C)CC2CN)C1. The van der Waals surface area contributed by atoms with Crippen molar-refractivity contribution in [3.8, 4) is 0 Å². The molecule has 7 nitrogen and oxygen atoms in total. The van der Waals surface area contributed by atoms with Crippen LogP contribution in [0, 0.1) is 0 Å². The Morgan fingerprint density at radius 2 is 2.00 bits per heavy atom. The molecule has 0 saturated carbocycles. The van der Waals surface area contributed by atoms with Crippen LogP contribution in [0.2, 0.25) is 0 Å². The van der Waals surface area contributed by atoms with E-state index in [9.17, 15) is 4.79 Å². The van der Waals surface area contributed by atoms with Crippen LogP contribution in [-0.4, -0.2) is 98.0 Å². The Hall–Kier alpha value is -0.890. The summed E-state index contributed by atoms with van der Waals surface area (Å²) in [7, 11) is 2.12. The molecule has 2 heterocycles. The van der Waals surface area contributed by atoms with Gasteiger partial charge >= 0.3 is 6.09 Å². The number of likely N-dealkylation sites (N-methyl/N-ethyl adjacent to an activating group) is 1. The average molecular weight is 328 g/mol. The highest BCUT2D eigenvalue weighted by Crippen LogP contribution is 2.16. The average Bonchev–Trinajstić information content (AvgIpc) is 2.46. The van der Waals surface area contributed by atoms with Crippen LogP contribution in [0.3, 0.4) is 0 Å². The van der Waals surface area contributed by atoms with Gasteiger partial charge in [-0.25, -0.2) is 4.79 Å². The number of hydrogen-bond acceptors (Lipinski definition) is 6. The zero-order valence-electron chi connectivity index (χ0n) is 15.0. The van der Waals surface area contributed by atoms with Crippen molar-refractivity contribution in [1.29, 1.82) is 0 Å². The van der Waals surface area contributed by atoms with E-state index in [2.05, 4.69) is 16.8 Å². The molecule has 2 fully saturated rings. The van der Waals surface area contributed by atoms with E-state index in [-0.39, 0.29) is 18.2 Å². The molecule has 7 heteroatoms. The molecule has 0 aliphatic carbocycles. The molecule has 2 aliphatic heterocycles. The van der Waals surface area contributed by atoms with E-state index in [0.29, 0.717) is 19.6 Å². The maximum atomic E-state index is 12.2. The molecule has 0 radical (unpaired) electrons. The third kappa shape index (κ3) is 5.60. The predicted octanol–water partition coefficient (Wildman–Crippen LogP) is 0.197. The molecule has 1 amide bonds. The van der Waals surface area contributed by atoms with Crippen LogP contribution in [0.5, 0.6) is 0 Å². The Morgan fingerprint density at radius 3 is 2.61 bits per heavy atom. The Labute approximate surface area is 139 Å². The van der Waals surface area contributed by atoms with Gasteiger partial charge in [0.25, 0.3) is 0 Å².